The number of carbonyl (C=O) groups is 1. The fourth-order valence-corrected chi connectivity index (χ4v) is 1.78. The first kappa shape index (κ1) is 14.4. The quantitative estimate of drug-likeness (QED) is 0.652. The third-order valence-corrected chi connectivity index (χ3v) is 2.83. The highest BCUT2D eigenvalue weighted by molar-refractivity contribution is 6.02. The summed E-state index contributed by atoms with van der Waals surface area (Å²) in [5, 5.41) is 19.2. The molecule has 0 unspecified atom stereocenters. The van der Waals surface area contributed by atoms with Gasteiger partial charge in [-0.05, 0) is 18.6 Å². The molecule has 0 saturated heterocycles. The van der Waals surface area contributed by atoms with Crippen molar-refractivity contribution in [3.05, 3.63) is 62.1 Å². The van der Waals surface area contributed by atoms with Crippen molar-refractivity contribution in [3.63, 3.8) is 0 Å². The summed E-state index contributed by atoms with van der Waals surface area (Å²) in [5.74, 6) is -0.565. The molecule has 8 nitrogen and oxygen atoms in total. The Kier molecular flexibility index (Phi) is 4.07. The number of aromatic nitrogens is 2. The third-order valence-electron chi connectivity index (χ3n) is 2.83. The molecule has 0 atom stereocenters. The fourth-order valence-electron chi connectivity index (χ4n) is 1.78. The van der Waals surface area contributed by atoms with Gasteiger partial charge in [-0.3, -0.25) is 19.7 Å². The van der Waals surface area contributed by atoms with Crippen molar-refractivity contribution in [2.24, 2.45) is 0 Å². The first-order chi connectivity index (χ1) is 10.0. The van der Waals surface area contributed by atoms with Gasteiger partial charge in [0.15, 0.2) is 0 Å². The zero-order valence-electron chi connectivity index (χ0n) is 11.1. The molecule has 0 fully saturated rings. The van der Waals surface area contributed by atoms with Crippen LogP contribution in [0.25, 0.3) is 0 Å². The summed E-state index contributed by atoms with van der Waals surface area (Å²) in [4.78, 5) is 33.2. The number of hydrogen-bond donors (Lipinski definition) is 2. The Morgan fingerprint density at radius 1 is 1.38 bits per heavy atom. The number of amides is 1. The van der Waals surface area contributed by atoms with Crippen molar-refractivity contribution in [2.45, 2.75) is 13.3 Å². The number of rotatable bonds is 4. The second-order valence-corrected chi connectivity index (χ2v) is 4.21. The van der Waals surface area contributed by atoms with Gasteiger partial charge in [0.2, 0.25) is 0 Å². The van der Waals surface area contributed by atoms with E-state index < -0.39 is 16.4 Å². The molecule has 0 bridgehead atoms. The zero-order chi connectivity index (χ0) is 15.4. The third kappa shape index (κ3) is 3.30. The number of anilines is 1. The molecule has 8 heteroatoms. The second-order valence-electron chi connectivity index (χ2n) is 4.21. The number of nitro benzene ring substituents is 1. The highest BCUT2D eigenvalue weighted by Gasteiger charge is 2.15. The van der Waals surface area contributed by atoms with Crippen LogP contribution >= 0.6 is 0 Å². The Morgan fingerprint density at radius 3 is 2.71 bits per heavy atom. The Labute approximate surface area is 119 Å². The monoisotopic (exact) mass is 288 g/mol. The molecule has 0 aliphatic rings. The number of benzene rings is 1. The van der Waals surface area contributed by atoms with Crippen molar-refractivity contribution in [1.29, 1.82) is 0 Å². The average Bonchev–Trinajstić information content (AvgIpc) is 2.47. The molecule has 2 N–H and O–H groups in total. The molecular formula is C13H12N4O4. The van der Waals surface area contributed by atoms with Crippen molar-refractivity contribution >= 4 is 17.3 Å². The van der Waals surface area contributed by atoms with Crippen molar-refractivity contribution < 1.29 is 9.72 Å². The number of nitrogens with zero attached hydrogens (tertiary/aromatic N) is 2. The molecule has 2 aromatic rings. The highest BCUT2D eigenvalue weighted by atomic mass is 16.6. The van der Waals surface area contributed by atoms with Crippen LogP contribution in [0.5, 0.6) is 0 Å². The lowest BCUT2D eigenvalue weighted by atomic mass is 10.1. The largest absolute Gasteiger partial charge is 0.320 e. The Hall–Kier alpha value is -3.03. The molecule has 0 aliphatic heterocycles. The molecule has 0 spiro atoms. The van der Waals surface area contributed by atoms with Crippen LogP contribution < -0.4 is 10.9 Å². The molecular weight excluding hydrogens is 276 g/mol. The zero-order valence-corrected chi connectivity index (χ0v) is 11.1. The Morgan fingerprint density at radius 2 is 2.14 bits per heavy atom. The number of nitrogens with one attached hydrogen (secondary N) is 2. The average molecular weight is 288 g/mol. The van der Waals surface area contributed by atoms with E-state index in [2.05, 4.69) is 15.5 Å². The van der Waals surface area contributed by atoms with Gasteiger partial charge in [-0.15, -0.1) is 0 Å². The molecule has 1 heterocycles. The molecule has 0 radical (unpaired) electrons. The van der Waals surface area contributed by atoms with Gasteiger partial charge in [0.1, 0.15) is 5.69 Å². The van der Waals surface area contributed by atoms with E-state index in [1.807, 2.05) is 6.92 Å². The van der Waals surface area contributed by atoms with E-state index in [1.54, 1.807) is 12.1 Å². The standard InChI is InChI=1S/C13H12N4O4/c1-2-8-3-4-9(7-11(8)17(20)21)14-13(19)10-5-6-12(18)16-15-10/h3-7H,2H2,1H3,(H,14,19)(H,16,18). The van der Waals surface area contributed by atoms with E-state index in [4.69, 9.17) is 0 Å². The van der Waals surface area contributed by atoms with Crippen molar-refractivity contribution in [3.8, 4) is 0 Å². The van der Waals surface area contributed by atoms with E-state index in [0.717, 1.165) is 0 Å². The molecule has 1 amide bonds. The van der Waals surface area contributed by atoms with Crippen LogP contribution in [0.1, 0.15) is 23.0 Å². The topological polar surface area (TPSA) is 118 Å². The fraction of sp³-hybridized carbons (Fsp3) is 0.154. The van der Waals surface area contributed by atoms with E-state index in [-0.39, 0.29) is 17.1 Å². The van der Waals surface area contributed by atoms with E-state index in [1.165, 1.54) is 18.2 Å². The van der Waals surface area contributed by atoms with Gasteiger partial charge < -0.3 is 5.32 Å². The Bertz CT molecular complexity index is 734. The van der Waals surface area contributed by atoms with Crippen LogP contribution in [-0.4, -0.2) is 21.0 Å². The predicted molar refractivity (Wildman–Crippen MR) is 75.3 cm³/mol. The number of carbonyl (C=O) groups excluding carboxylic acids is 1. The summed E-state index contributed by atoms with van der Waals surface area (Å²) in [7, 11) is 0. The lowest BCUT2D eigenvalue weighted by molar-refractivity contribution is -0.385. The maximum absolute atomic E-state index is 11.9. The minimum Gasteiger partial charge on any atom is -0.320 e. The first-order valence-corrected chi connectivity index (χ1v) is 6.15. The van der Waals surface area contributed by atoms with Gasteiger partial charge in [0.25, 0.3) is 17.2 Å². The van der Waals surface area contributed by atoms with Crippen molar-refractivity contribution in [1.82, 2.24) is 10.2 Å². The summed E-state index contributed by atoms with van der Waals surface area (Å²) in [6, 6.07) is 6.90. The van der Waals surface area contributed by atoms with Gasteiger partial charge in [-0.2, -0.15) is 5.10 Å². The first-order valence-electron chi connectivity index (χ1n) is 6.15. The summed E-state index contributed by atoms with van der Waals surface area (Å²) in [6.07, 6.45) is 0.520. The lowest BCUT2D eigenvalue weighted by Crippen LogP contribution is -2.17. The maximum Gasteiger partial charge on any atom is 0.276 e. The number of hydrogen-bond acceptors (Lipinski definition) is 5. The summed E-state index contributed by atoms with van der Waals surface area (Å²) in [6.45, 7) is 1.81. The number of aryl methyl sites for hydroxylation is 1. The van der Waals surface area contributed by atoms with Crippen LogP contribution in [0.2, 0.25) is 0 Å². The van der Waals surface area contributed by atoms with Gasteiger partial charge in [0.05, 0.1) is 4.92 Å². The van der Waals surface area contributed by atoms with Crippen molar-refractivity contribution in [2.75, 3.05) is 5.32 Å². The molecule has 1 aromatic heterocycles. The second kappa shape index (κ2) is 5.95. The van der Waals surface area contributed by atoms with Crippen LogP contribution in [-0.2, 0) is 6.42 Å². The van der Waals surface area contributed by atoms with Gasteiger partial charge in [0, 0.05) is 23.4 Å². The Balaban J connectivity index is 2.25. The maximum atomic E-state index is 11.9. The van der Waals surface area contributed by atoms with E-state index >= 15 is 0 Å². The highest BCUT2D eigenvalue weighted by Crippen LogP contribution is 2.23. The van der Waals surface area contributed by atoms with Gasteiger partial charge in [-0.25, -0.2) is 5.10 Å². The molecule has 0 aliphatic carbocycles. The SMILES string of the molecule is CCc1ccc(NC(=O)c2ccc(=O)[nH]n2)cc1[N+](=O)[O-]. The smallest absolute Gasteiger partial charge is 0.276 e. The molecule has 108 valence electrons. The predicted octanol–water partition coefficient (Wildman–Crippen LogP) is 1.49. The molecule has 21 heavy (non-hydrogen) atoms. The molecule has 1 aromatic carbocycles. The van der Waals surface area contributed by atoms with Gasteiger partial charge in [-0.1, -0.05) is 13.0 Å². The van der Waals surface area contributed by atoms with E-state index in [9.17, 15) is 19.7 Å². The minimum atomic E-state index is -0.565. The van der Waals surface area contributed by atoms with Crippen LogP contribution in [0, 0.1) is 10.1 Å². The number of nitro groups is 1. The molecule has 2 rings (SSSR count). The van der Waals surface area contributed by atoms with E-state index in [0.29, 0.717) is 12.0 Å². The summed E-state index contributed by atoms with van der Waals surface area (Å²) < 4.78 is 0. The van der Waals surface area contributed by atoms with Crippen LogP contribution in [0.4, 0.5) is 11.4 Å². The van der Waals surface area contributed by atoms with Gasteiger partial charge >= 0.3 is 0 Å². The van der Waals surface area contributed by atoms with Crippen LogP contribution in [0.3, 0.4) is 0 Å². The number of aromatic amines is 1. The molecule has 0 saturated carbocycles. The summed E-state index contributed by atoms with van der Waals surface area (Å²) in [5.41, 5.74) is 0.410. The normalized spacial score (nSPS) is 10.1. The lowest BCUT2D eigenvalue weighted by Gasteiger charge is -2.06. The summed E-state index contributed by atoms with van der Waals surface area (Å²) >= 11 is 0. The number of H-pyrrole nitrogens is 1. The van der Waals surface area contributed by atoms with Crippen LogP contribution in [0.15, 0.2) is 35.1 Å². The minimum absolute atomic E-state index is 0.0109.